The van der Waals surface area contributed by atoms with Gasteiger partial charge in [-0.1, -0.05) is 58.0 Å². The minimum atomic E-state index is -0.429. The van der Waals surface area contributed by atoms with Gasteiger partial charge in [-0.2, -0.15) is 0 Å². The van der Waals surface area contributed by atoms with Gasteiger partial charge in [-0.3, -0.25) is 14.4 Å². The van der Waals surface area contributed by atoms with Crippen LogP contribution >= 0.6 is 0 Å². The highest BCUT2D eigenvalue weighted by Gasteiger charge is 2.39. The standard InChI is InChI=1S/C27H41N3O4/c1-19(2)16-23-26(32)30(15-12-28-23)24(17-20(3)4)27(33)29-13-10-22(11-14-29)34-25(31)18-21-8-6-5-7-9-21/h5-9,19-20,22-24,28H,10-18H2,1-4H3/t23-,24?/m0/s1. The van der Waals surface area contributed by atoms with E-state index in [4.69, 9.17) is 4.74 Å². The zero-order chi connectivity index (χ0) is 24.7. The highest BCUT2D eigenvalue weighted by Crippen LogP contribution is 2.22. The van der Waals surface area contributed by atoms with Crippen molar-refractivity contribution in [3.05, 3.63) is 35.9 Å². The molecule has 0 saturated carbocycles. The number of ether oxygens (including phenoxy) is 1. The Morgan fingerprint density at radius 2 is 1.71 bits per heavy atom. The van der Waals surface area contributed by atoms with Crippen LogP contribution in [0.3, 0.4) is 0 Å². The van der Waals surface area contributed by atoms with Crippen LogP contribution in [-0.2, 0) is 25.5 Å². The van der Waals surface area contributed by atoms with Crippen LogP contribution in [0.1, 0.15) is 58.9 Å². The van der Waals surface area contributed by atoms with Crippen LogP contribution < -0.4 is 5.32 Å². The second kappa shape index (κ2) is 12.3. The Balaban J connectivity index is 1.57. The minimum Gasteiger partial charge on any atom is -0.462 e. The third kappa shape index (κ3) is 7.29. The summed E-state index contributed by atoms with van der Waals surface area (Å²) in [5, 5.41) is 3.33. The molecular formula is C27H41N3O4. The van der Waals surface area contributed by atoms with Crippen LogP contribution in [0.4, 0.5) is 0 Å². The SMILES string of the molecule is CC(C)CC(C(=O)N1CCC(OC(=O)Cc2ccccc2)CC1)N1CCN[C@@H](CC(C)C)C1=O. The summed E-state index contributed by atoms with van der Waals surface area (Å²) in [4.78, 5) is 42.8. The first-order chi connectivity index (χ1) is 16.2. The Morgan fingerprint density at radius 1 is 1.03 bits per heavy atom. The van der Waals surface area contributed by atoms with Gasteiger partial charge in [0, 0.05) is 39.0 Å². The van der Waals surface area contributed by atoms with E-state index in [0.29, 0.717) is 57.3 Å². The van der Waals surface area contributed by atoms with Gasteiger partial charge in [-0.25, -0.2) is 0 Å². The van der Waals surface area contributed by atoms with Crippen molar-refractivity contribution in [2.24, 2.45) is 11.8 Å². The van der Waals surface area contributed by atoms with Gasteiger partial charge in [0.2, 0.25) is 11.8 Å². The first-order valence-electron chi connectivity index (χ1n) is 12.8. The highest BCUT2D eigenvalue weighted by molar-refractivity contribution is 5.90. The predicted octanol–water partition coefficient (Wildman–Crippen LogP) is 3.02. The number of hydrogen-bond acceptors (Lipinski definition) is 5. The maximum Gasteiger partial charge on any atom is 0.310 e. The maximum absolute atomic E-state index is 13.6. The number of carbonyl (C=O) groups excluding carboxylic acids is 3. The molecular weight excluding hydrogens is 430 g/mol. The molecule has 7 nitrogen and oxygen atoms in total. The van der Waals surface area contributed by atoms with Crippen LogP contribution in [-0.4, -0.2) is 72.0 Å². The number of nitrogens with one attached hydrogen (secondary N) is 1. The molecule has 1 unspecified atom stereocenters. The average Bonchev–Trinajstić information content (AvgIpc) is 2.79. The van der Waals surface area contributed by atoms with Crippen molar-refractivity contribution in [1.29, 1.82) is 0 Å². The zero-order valence-electron chi connectivity index (χ0n) is 21.2. The molecule has 7 heteroatoms. The topological polar surface area (TPSA) is 79.0 Å². The molecule has 0 aromatic heterocycles. The van der Waals surface area contributed by atoms with E-state index >= 15 is 0 Å². The van der Waals surface area contributed by atoms with Crippen LogP contribution in [0.5, 0.6) is 0 Å². The fourth-order valence-electron chi connectivity index (χ4n) is 4.92. The minimum absolute atomic E-state index is 0.0290. The largest absolute Gasteiger partial charge is 0.462 e. The number of rotatable bonds is 9. The lowest BCUT2D eigenvalue weighted by Gasteiger charge is -2.42. The van der Waals surface area contributed by atoms with Crippen molar-refractivity contribution in [2.75, 3.05) is 26.2 Å². The van der Waals surface area contributed by atoms with Gasteiger partial charge < -0.3 is 19.9 Å². The van der Waals surface area contributed by atoms with E-state index in [9.17, 15) is 14.4 Å². The molecule has 0 bridgehead atoms. The lowest BCUT2D eigenvalue weighted by Crippen LogP contribution is -2.62. The number of esters is 1. The Kier molecular flexibility index (Phi) is 9.51. The summed E-state index contributed by atoms with van der Waals surface area (Å²) in [6.45, 7) is 10.8. The third-order valence-corrected chi connectivity index (χ3v) is 6.63. The van der Waals surface area contributed by atoms with Crippen molar-refractivity contribution in [2.45, 2.75) is 78.0 Å². The molecule has 2 fully saturated rings. The van der Waals surface area contributed by atoms with Crippen molar-refractivity contribution >= 4 is 17.8 Å². The summed E-state index contributed by atoms with van der Waals surface area (Å²) in [5.41, 5.74) is 0.938. The van der Waals surface area contributed by atoms with E-state index < -0.39 is 6.04 Å². The predicted molar refractivity (Wildman–Crippen MR) is 132 cm³/mol. The summed E-state index contributed by atoms with van der Waals surface area (Å²) in [5.74, 6) is 0.558. The molecule has 188 valence electrons. The normalized spacial score (nSPS) is 20.6. The van der Waals surface area contributed by atoms with Gasteiger partial charge in [0.05, 0.1) is 12.5 Å². The number of likely N-dealkylation sites (tertiary alicyclic amines) is 1. The molecule has 2 aliphatic heterocycles. The number of piperidine rings is 1. The van der Waals surface area contributed by atoms with E-state index in [0.717, 1.165) is 12.0 Å². The summed E-state index contributed by atoms with van der Waals surface area (Å²) >= 11 is 0. The van der Waals surface area contributed by atoms with E-state index in [1.807, 2.05) is 40.1 Å². The van der Waals surface area contributed by atoms with Gasteiger partial charge in [0.25, 0.3) is 0 Å². The monoisotopic (exact) mass is 471 g/mol. The van der Waals surface area contributed by atoms with Crippen molar-refractivity contribution in [3.63, 3.8) is 0 Å². The Hall–Kier alpha value is -2.41. The average molecular weight is 472 g/mol. The lowest BCUT2D eigenvalue weighted by molar-refractivity contribution is -0.155. The maximum atomic E-state index is 13.6. The van der Waals surface area contributed by atoms with Crippen LogP contribution in [0.25, 0.3) is 0 Å². The molecule has 3 rings (SSSR count). The lowest BCUT2D eigenvalue weighted by atomic mass is 9.95. The highest BCUT2D eigenvalue weighted by atomic mass is 16.5. The molecule has 0 aliphatic carbocycles. The molecule has 1 aromatic rings. The van der Waals surface area contributed by atoms with Crippen molar-refractivity contribution < 1.29 is 19.1 Å². The Labute approximate surface area is 204 Å². The van der Waals surface area contributed by atoms with Crippen LogP contribution in [0.15, 0.2) is 30.3 Å². The zero-order valence-corrected chi connectivity index (χ0v) is 21.2. The fourth-order valence-corrected chi connectivity index (χ4v) is 4.92. The number of nitrogens with zero attached hydrogens (tertiary/aromatic N) is 2. The molecule has 0 spiro atoms. The smallest absolute Gasteiger partial charge is 0.310 e. The summed E-state index contributed by atoms with van der Waals surface area (Å²) in [6, 6.07) is 8.93. The molecule has 2 aliphatic rings. The van der Waals surface area contributed by atoms with Crippen molar-refractivity contribution in [3.8, 4) is 0 Å². The summed E-state index contributed by atoms with van der Waals surface area (Å²) < 4.78 is 5.68. The van der Waals surface area contributed by atoms with E-state index in [-0.39, 0.29) is 36.4 Å². The molecule has 2 amide bonds. The van der Waals surface area contributed by atoms with Gasteiger partial charge in [-0.15, -0.1) is 0 Å². The molecule has 2 atom stereocenters. The van der Waals surface area contributed by atoms with Crippen LogP contribution in [0, 0.1) is 11.8 Å². The quantitative estimate of drug-likeness (QED) is 0.560. The van der Waals surface area contributed by atoms with E-state index in [2.05, 4.69) is 33.0 Å². The number of hydrogen-bond donors (Lipinski definition) is 1. The first kappa shape index (κ1) is 26.2. The second-order valence-electron chi connectivity index (χ2n) is 10.5. The van der Waals surface area contributed by atoms with Gasteiger partial charge in [-0.05, 0) is 30.2 Å². The molecule has 34 heavy (non-hydrogen) atoms. The Bertz CT molecular complexity index is 818. The summed E-state index contributed by atoms with van der Waals surface area (Å²) in [7, 11) is 0. The molecule has 1 aromatic carbocycles. The molecule has 2 heterocycles. The molecule has 1 N–H and O–H groups in total. The number of carbonyl (C=O) groups is 3. The van der Waals surface area contributed by atoms with Gasteiger partial charge in [0.15, 0.2) is 0 Å². The number of amides is 2. The number of benzene rings is 1. The van der Waals surface area contributed by atoms with Gasteiger partial charge >= 0.3 is 5.97 Å². The van der Waals surface area contributed by atoms with Crippen molar-refractivity contribution in [1.82, 2.24) is 15.1 Å². The second-order valence-corrected chi connectivity index (χ2v) is 10.5. The van der Waals surface area contributed by atoms with E-state index in [1.54, 1.807) is 0 Å². The third-order valence-electron chi connectivity index (χ3n) is 6.63. The van der Waals surface area contributed by atoms with E-state index in [1.165, 1.54) is 0 Å². The summed E-state index contributed by atoms with van der Waals surface area (Å²) in [6.07, 6.45) is 2.79. The molecule has 0 radical (unpaired) electrons. The Morgan fingerprint density at radius 3 is 2.32 bits per heavy atom. The van der Waals surface area contributed by atoms with Crippen LogP contribution in [0.2, 0.25) is 0 Å². The fraction of sp³-hybridized carbons (Fsp3) is 0.667. The van der Waals surface area contributed by atoms with Gasteiger partial charge in [0.1, 0.15) is 12.1 Å². The first-order valence-corrected chi connectivity index (χ1v) is 12.8. The molecule has 2 saturated heterocycles. The number of piperazine rings is 1.